The third kappa shape index (κ3) is 3.25. The Bertz CT molecular complexity index is 364. The maximum Gasteiger partial charge on any atom is 0.317 e. The second-order valence-electron chi connectivity index (χ2n) is 5.40. The van der Waals surface area contributed by atoms with Crippen LogP contribution in [0, 0.1) is 11.3 Å². The fourth-order valence-electron chi connectivity index (χ4n) is 2.56. The first kappa shape index (κ1) is 14.3. The Kier molecular flexibility index (Phi) is 4.77. The molecule has 0 radical (unpaired) electrons. The van der Waals surface area contributed by atoms with Gasteiger partial charge in [-0.2, -0.15) is 0 Å². The molecule has 3 atom stereocenters. The molecule has 0 amide bonds. The van der Waals surface area contributed by atoms with Gasteiger partial charge in [0.25, 0.3) is 0 Å². The summed E-state index contributed by atoms with van der Waals surface area (Å²) in [6.07, 6.45) is 9.62. The third-order valence-electron chi connectivity index (χ3n) is 3.98. The number of aliphatic hydroxyl groups is 1. The van der Waals surface area contributed by atoms with Crippen molar-refractivity contribution < 1.29 is 19.4 Å². The van der Waals surface area contributed by atoms with E-state index in [4.69, 9.17) is 9.47 Å². The van der Waals surface area contributed by atoms with Crippen LogP contribution in [0.15, 0.2) is 24.3 Å². The van der Waals surface area contributed by atoms with Crippen molar-refractivity contribution in [2.75, 3.05) is 19.8 Å². The van der Waals surface area contributed by atoms with Crippen LogP contribution in [0.3, 0.4) is 0 Å². The first-order valence-corrected chi connectivity index (χ1v) is 6.91. The van der Waals surface area contributed by atoms with E-state index in [2.05, 4.69) is 6.08 Å². The Morgan fingerprint density at radius 1 is 1.58 bits per heavy atom. The van der Waals surface area contributed by atoms with Crippen molar-refractivity contribution in [2.24, 2.45) is 11.3 Å². The predicted molar refractivity (Wildman–Crippen MR) is 71.5 cm³/mol. The van der Waals surface area contributed by atoms with Gasteiger partial charge in [-0.15, -0.1) is 0 Å². The maximum absolute atomic E-state index is 12.3. The molecule has 1 fully saturated rings. The molecule has 4 heteroatoms. The fraction of sp³-hybridized carbons (Fsp3) is 0.667. The number of allylic oxidation sites excluding steroid dienone is 3. The van der Waals surface area contributed by atoms with Crippen LogP contribution in [0.1, 0.15) is 26.2 Å². The van der Waals surface area contributed by atoms with Crippen LogP contribution in [-0.4, -0.2) is 37.0 Å². The van der Waals surface area contributed by atoms with Gasteiger partial charge in [0.15, 0.2) is 0 Å². The smallest absolute Gasteiger partial charge is 0.317 e. The molecule has 1 N–H and O–H groups in total. The molecule has 1 aliphatic heterocycles. The van der Waals surface area contributed by atoms with Crippen LogP contribution in [0.4, 0.5) is 0 Å². The highest BCUT2D eigenvalue weighted by Gasteiger charge is 2.46. The predicted octanol–water partition coefficient (Wildman–Crippen LogP) is 1.84. The highest BCUT2D eigenvalue weighted by molar-refractivity contribution is 5.78. The zero-order chi connectivity index (χ0) is 13.7. The van der Waals surface area contributed by atoms with E-state index in [9.17, 15) is 9.90 Å². The molecular formula is C15H22O4. The molecule has 0 aromatic rings. The van der Waals surface area contributed by atoms with Crippen LogP contribution in [-0.2, 0) is 14.3 Å². The summed E-state index contributed by atoms with van der Waals surface area (Å²) < 4.78 is 10.8. The summed E-state index contributed by atoms with van der Waals surface area (Å²) in [7, 11) is 0. The normalized spacial score (nSPS) is 32.0. The van der Waals surface area contributed by atoms with Gasteiger partial charge in [0.1, 0.15) is 5.41 Å². The minimum Gasteiger partial charge on any atom is -0.464 e. The highest BCUT2D eigenvalue weighted by Crippen LogP contribution is 2.34. The number of carbonyl (C=O) groups is 1. The van der Waals surface area contributed by atoms with Gasteiger partial charge in [-0.1, -0.05) is 24.3 Å². The number of rotatable bonds is 4. The molecule has 0 bridgehead atoms. The monoisotopic (exact) mass is 266 g/mol. The van der Waals surface area contributed by atoms with Gasteiger partial charge < -0.3 is 14.6 Å². The Morgan fingerprint density at radius 3 is 3.00 bits per heavy atom. The van der Waals surface area contributed by atoms with Crippen LogP contribution in [0.2, 0.25) is 0 Å². The second-order valence-corrected chi connectivity index (χ2v) is 5.40. The summed E-state index contributed by atoms with van der Waals surface area (Å²) >= 11 is 0. The minimum absolute atomic E-state index is 0.240. The molecule has 2 rings (SSSR count). The number of hydrogen-bond acceptors (Lipinski definition) is 4. The van der Waals surface area contributed by atoms with Crippen LogP contribution < -0.4 is 0 Å². The van der Waals surface area contributed by atoms with E-state index < -0.39 is 11.5 Å². The highest BCUT2D eigenvalue weighted by atomic mass is 16.5. The van der Waals surface area contributed by atoms with Crippen molar-refractivity contribution in [3.8, 4) is 0 Å². The van der Waals surface area contributed by atoms with Gasteiger partial charge in [0.2, 0.25) is 0 Å². The van der Waals surface area contributed by atoms with E-state index >= 15 is 0 Å². The van der Waals surface area contributed by atoms with Crippen molar-refractivity contribution in [3.05, 3.63) is 24.3 Å². The number of aliphatic hydroxyl groups excluding tert-OH is 1. The standard InChI is InChI=1S/C15H22O4/c1-12(16)15(8-5-9-18-11-15)14(17)19-10-13-6-3-2-4-7-13/h2-4,6,12-13,16H,5,7-11H2,1H3. The first-order chi connectivity index (χ1) is 9.15. The molecule has 2 aliphatic rings. The molecule has 1 heterocycles. The van der Waals surface area contributed by atoms with Crippen LogP contribution in [0.5, 0.6) is 0 Å². The topological polar surface area (TPSA) is 55.8 Å². The first-order valence-electron chi connectivity index (χ1n) is 6.91. The molecule has 0 aromatic heterocycles. The summed E-state index contributed by atoms with van der Waals surface area (Å²) in [5.74, 6) is -0.0883. The number of carbonyl (C=O) groups excluding carboxylic acids is 1. The molecule has 106 valence electrons. The van der Waals surface area contributed by atoms with Gasteiger partial charge in [-0.3, -0.25) is 4.79 Å². The van der Waals surface area contributed by atoms with E-state index in [1.165, 1.54) is 0 Å². The summed E-state index contributed by atoms with van der Waals surface area (Å²) in [5.41, 5.74) is -0.882. The SMILES string of the molecule is CC(O)C1(C(=O)OCC2C=CC=CC2)CCCOC1. The van der Waals surface area contributed by atoms with Crippen molar-refractivity contribution in [1.29, 1.82) is 0 Å². The van der Waals surface area contributed by atoms with Gasteiger partial charge in [-0.05, 0) is 26.2 Å². The molecule has 0 aromatic carbocycles. The summed E-state index contributed by atoms with van der Waals surface area (Å²) in [6.45, 7) is 2.91. The third-order valence-corrected chi connectivity index (χ3v) is 3.98. The quantitative estimate of drug-likeness (QED) is 0.789. The van der Waals surface area contributed by atoms with Gasteiger partial charge >= 0.3 is 5.97 Å². The minimum atomic E-state index is -0.882. The lowest BCUT2D eigenvalue weighted by molar-refractivity contribution is -0.176. The molecule has 0 saturated carbocycles. The second kappa shape index (κ2) is 6.35. The van der Waals surface area contributed by atoms with Crippen molar-refractivity contribution in [3.63, 3.8) is 0 Å². The van der Waals surface area contributed by atoms with E-state index in [1.807, 2.05) is 18.2 Å². The van der Waals surface area contributed by atoms with Gasteiger partial charge in [0, 0.05) is 12.5 Å². The number of esters is 1. The Labute approximate surface area is 114 Å². The Morgan fingerprint density at radius 2 is 2.42 bits per heavy atom. The molecular weight excluding hydrogens is 244 g/mol. The lowest BCUT2D eigenvalue weighted by Gasteiger charge is -2.37. The van der Waals surface area contributed by atoms with Crippen molar-refractivity contribution in [1.82, 2.24) is 0 Å². The van der Waals surface area contributed by atoms with Crippen molar-refractivity contribution in [2.45, 2.75) is 32.3 Å². The van der Waals surface area contributed by atoms with E-state index in [1.54, 1.807) is 6.92 Å². The zero-order valence-corrected chi connectivity index (χ0v) is 11.4. The molecule has 1 aliphatic carbocycles. The molecule has 1 saturated heterocycles. The molecule has 0 spiro atoms. The Hall–Kier alpha value is -1.13. The van der Waals surface area contributed by atoms with E-state index in [0.29, 0.717) is 19.6 Å². The molecule has 3 unspecified atom stereocenters. The summed E-state index contributed by atoms with van der Waals surface area (Å²) in [5, 5.41) is 9.93. The number of ether oxygens (including phenoxy) is 2. The molecule has 4 nitrogen and oxygen atoms in total. The summed E-state index contributed by atoms with van der Waals surface area (Å²) in [4.78, 5) is 12.3. The lowest BCUT2D eigenvalue weighted by atomic mass is 9.78. The zero-order valence-electron chi connectivity index (χ0n) is 11.4. The van der Waals surface area contributed by atoms with Crippen molar-refractivity contribution >= 4 is 5.97 Å². The average Bonchev–Trinajstić information content (AvgIpc) is 2.46. The number of hydrogen-bond donors (Lipinski definition) is 1. The van der Waals surface area contributed by atoms with E-state index in [-0.39, 0.29) is 18.5 Å². The lowest BCUT2D eigenvalue weighted by Crippen LogP contribution is -2.48. The van der Waals surface area contributed by atoms with Crippen LogP contribution in [0.25, 0.3) is 0 Å². The average molecular weight is 266 g/mol. The Balaban J connectivity index is 1.92. The van der Waals surface area contributed by atoms with Gasteiger partial charge in [0.05, 0.1) is 19.3 Å². The largest absolute Gasteiger partial charge is 0.464 e. The van der Waals surface area contributed by atoms with Crippen LogP contribution >= 0.6 is 0 Å². The maximum atomic E-state index is 12.3. The van der Waals surface area contributed by atoms with E-state index in [0.717, 1.165) is 12.8 Å². The fourth-order valence-corrected chi connectivity index (χ4v) is 2.56. The molecule has 19 heavy (non-hydrogen) atoms. The van der Waals surface area contributed by atoms with Gasteiger partial charge in [-0.25, -0.2) is 0 Å². The summed E-state index contributed by atoms with van der Waals surface area (Å²) in [6, 6.07) is 0.